The summed E-state index contributed by atoms with van der Waals surface area (Å²) in [6.45, 7) is 2.56. The van der Waals surface area contributed by atoms with Gasteiger partial charge in [-0.05, 0) is 49.6 Å². The molecule has 0 saturated carbocycles. The first-order chi connectivity index (χ1) is 11.1. The number of hydrogen-bond acceptors (Lipinski definition) is 3. The second-order valence-corrected chi connectivity index (χ2v) is 5.43. The number of pyridine rings is 1. The van der Waals surface area contributed by atoms with Crippen LogP contribution in [-0.2, 0) is 11.3 Å². The lowest BCUT2D eigenvalue weighted by atomic mass is 10.2. The van der Waals surface area contributed by atoms with Gasteiger partial charge in [-0.1, -0.05) is 6.07 Å². The molecule has 0 spiro atoms. The number of carbonyl (C=O) groups excluding carboxylic acids is 1. The molecule has 0 saturated heterocycles. The van der Waals surface area contributed by atoms with Gasteiger partial charge < -0.3 is 9.88 Å². The summed E-state index contributed by atoms with van der Waals surface area (Å²) in [4.78, 5) is 23.5. The zero-order valence-electron chi connectivity index (χ0n) is 13.1. The summed E-state index contributed by atoms with van der Waals surface area (Å²) < 4.78 is 1.67. The predicted molar refractivity (Wildman–Crippen MR) is 89.1 cm³/mol. The van der Waals surface area contributed by atoms with E-state index in [9.17, 15) is 9.59 Å². The van der Waals surface area contributed by atoms with Gasteiger partial charge in [0.25, 0.3) is 5.56 Å². The van der Waals surface area contributed by atoms with Gasteiger partial charge >= 0.3 is 0 Å². The van der Waals surface area contributed by atoms with Crippen LogP contribution in [0.3, 0.4) is 0 Å². The number of aryl methyl sites for hydroxylation is 2. The van der Waals surface area contributed by atoms with E-state index in [1.807, 2.05) is 19.2 Å². The van der Waals surface area contributed by atoms with Crippen LogP contribution in [0, 0.1) is 18.3 Å². The molecular weight excluding hydrogens is 290 g/mol. The maximum Gasteiger partial charge on any atom is 0.250 e. The largest absolute Gasteiger partial charge is 0.326 e. The van der Waals surface area contributed by atoms with Crippen LogP contribution in [0.5, 0.6) is 0 Å². The number of anilines is 1. The summed E-state index contributed by atoms with van der Waals surface area (Å²) in [7, 11) is 0. The van der Waals surface area contributed by atoms with Gasteiger partial charge in [-0.15, -0.1) is 0 Å². The van der Waals surface area contributed by atoms with Crippen LogP contribution < -0.4 is 10.9 Å². The summed E-state index contributed by atoms with van der Waals surface area (Å²) in [6.07, 6.45) is 3.71. The molecule has 0 unspecified atom stereocenters. The normalized spacial score (nSPS) is 10.1. The van der Waals surface area contributed by atoms with E-state index >= 15 is 0 Å². The highest BCUT2D eigenvalue weighted by Gasteiger charge is 2.03. The van der Waals surface area contributed by atoms with Crippen molar-refractivity contribution in [1.82, 2.24) is 4.57 Å². The third-order valence-corrected chi connectivity index (χ3v) is 3.48. The van der Waals surface area contributed by atoms with Gasteiger partial charge in [0, 0.05) is 30.9 Å². The summed E-state index contributed by atoms with van der Waals surface area (Å²) in [5, 5.41) is 11.5. The van der Waals surface area contributed by atoms with E-state index in [0.717, 1.165) is 12.0 Å². The lowest BCUT2D eigenvalue weighted by Crippen LogP contribution is -2.19. The molecule has 0 fully saturated rings. The van der Waals surface area contributed by atoms with Gasteiger partial charge in [-0.3, -0.25) is 9.59 Å². The van der Waals surface area contributed by atoms with Gasteiger partial charge in [-0.25, -0.2) is 0 Å². The predicted octanol–water partition coefficient (Wildman–Crippen LogP) is 2.84. The van der Waals surface area contributed by atoms with Gasteiger partial charge in [0.05, 0.1) is 11.6 Å². The van der Waals surface area contributed by atoms with Crippen molar-refractivity contribution >= 4 is 11.6 Å². The summed E-state index contributed by atoms with van der Waals surface area (Å²) >= 11 is 0. The Hall–Kier alpha value is -2.87. The van der Waals surface area contributed by atoms with Gasteiger partial charge in [0.2, 0.25) is 5.91 Å². The van der Waals surface area contributed by atoms with Gasteiger partial charge in [0.15, 0.2) is 0 Å². The maximum atomic E-state index is 11.9. The number of aromatic nitrogens is 1. The first-order valence-corrected chi connectivity index (χ1v) is 7.55. The van der Waals surface area contributed by atoms with Gasteiger partial charge in [0.1, 0.15) is 0 Å². The molecule has 1 N–H and O–H groups in total. The van der Waals surface area contributed by atoms with Crippen molar-refractivity contribution in [2.75, 3.05) is 5.32 Å². The number of nitrogens with one attached hydrogen (secondary N) is 1. The highest BCUT2D eigenvalue weighted by molar-refractivity contribution is 5.90. The number of hydrogen-bond donors (Lipinski definition) is 1. The minimum Gasteiger partial charge on any atom is -0.326 e. The van der Waals surface area contributed by atoms with E-state index in [1.165, 1.54) is 0 Å². The van der Waals surface area contributed by atoms with E-state index in [-0.39, 0.29) is 11.5 Å². The second-order valence-electron chi connectivity index (χ2n) is 5.43. The number of rotatable bonds is 6. The molecule has 2 aromatic rings. The maximum absolute atomic E-state index is 11.9. The smallest absolute Gasteiger partial charge is 0.250 e. The Kier molecular flexibility index (Phi) is 5.70. The molecule has 2 rings (SSSR count). The van der Waals surface area contributed by atoms with Gasteiger partial charge in [-0.2, -0.15) is 5.26 Å². The molecule has 118 valence electrons. The Labute approximate surface area is 135 Å². The molecule has 1 heterocycles. The topological polar surface area (TPSA) is 74.9 Å². The zero-order chi connectivity index (χ0) is 16.7. The minimum absolute atomic E-state index is 0.0161. The molecule has 1 aromatic heterocycles. The van der Waals surface area contributed by atoms with Crippen molar-refractivity contribution in [2.45, 2.75) is 32.7 Å². The average Bonchev–Trinajstić information content (AvgIpc) is 2.55. The Morgan fingerprint density at radius 3 is 2.61 bits per heavy atom. The molecule has 1 amide bonds. The Balaban J connectivity index is 1.75. The molecule has 5 heteroatoms. The molecule has 5 nitrogen and oxygen atoms in total. The van der Waals surface area contributed by atoms with Crippen molar-refractivity contribution in [3.8, 4) is 6.07 Å². The molecule has 0 aliphatic carbocycles. The SMILES string of the molecule is Cc1ccc(=O)n(CCCCC(=O)Nc2ccc(C#N)cc2)c1. The van der Waals surface area contributed by atoms with E-state index < -0.39 is 0 Å². The molecule has 0 aliphatic heterocycles. The van der Waals surface area contributed by atoms with E-state index in [0.29, 0.717) is 30.6 Å². The summed E-state index contributed by atoms with van der Waals surface area (Å²) in [6, 6.07) is 12.1. The first-order valence-electron chi connectivity index (χ1n) is 7.55. The summed E-state index contributed by atoms with van der Waals surface area (Å²) in [5.74, 6) is -0.0636. The zero-order valence-corrected chi connectivity index (χ0v) is 13.1. The average molecular weight is 309 g/mol. The Bertz CT molecular complexity index is 770. The number of nitrogens with zero attached hydrogens (tertiary/aromatic N) is 2. The monoisotopic (exact) mass is 309 g/mol. The van der Waals surface area contributed by atoms with Crippen LogP contribution in [0.4, 0.5) is 5.69 Å². The third kappa shape index (κ3) is 5.11. The molecule has 0 radical (unpaired) electrons. The Morgan fingerprint density at radius 2 is 1.91 bits per heavy atom. The summed E-state index contributed by atoms with van der Waals surface area (Å²) in [5.41, 5.74) is 2.27. The second kappa shape index (κ2) is 7.95. The van der Waals surface area contributed by atoms with Crippen LogP contribution in [0.1, 0.15) is 30.4 Å². The molecule has 23 heavy (non-hydrogen) atoms. The number of unbranched alkanes of at least 4 members (excludes halogenated alkanes) is 1. The van der Waals surface area contributed by atoms with Crippen LogP contribution in [0.15, 0.2) is 47.4 Å². The van der Waals surface area contributed by atoms with E-state index in [1.54, 1.807) is 41.0 Å². The van der Waals surface area contributed by atoms with Crippen LogP contribution >= 0.6 is 0 Å². The standard InChI is InChI=1S/C18H19N3O2/c1-14-5-10-18(23)21(13-14)11-3-2-4-17(22)20-16-8-6-15(12-19)7-9-16/h5-10,13H,2-4,11H2,1H3,(H,20,22). The highest BCUT2D eigenvalue weighted by atomic mass is 16.1. The van der Waals surface area contributed by atoms with Crippen LogP contribution in [0.2, 0.25) is 0 Å². The fourth-order valence-corrected chi connectivity index (χ4v) is 2.24. The number of carbonyl (C=O) groups is 1. The Morgan fingerprint density at radius 1 is 1.17 bits per heavy atom. The first kappa shape index (κ1) is 16.5. The van der Waals surface area contributed by atoms with Crippen molar-refractivity contribution in [3.63, 3.8) is 0 Å². The number of amides is 1. The number of benzene rings is 1. The highest BCUT2D eigenvalue weighted by Crippen LogP contribution is 2.10. The molecule has 0 bridgehead atoms. The lowest BCUT2D eigenvalue weighted by Gasteiger charge is -2.07. The molecular formula is C18H19N3O2. The molecule has 0 atom stereocenters. The van der Waals surface area contributed by atoms with Crippen LogP contribution in [-0.4, -0.2) is 10.5 Å². The van der Waals surface area contributed by atoms with Crippen molar-refractivity contribution in [2.24, 2.45) is 0 Å². The lowest BCUT2D eigenvalue weighted by molar-refractivity contribution is -0.116. The minimum atomic E-state index is -0.0636. The van der Waals surface area contributed by atoms with Crippen LogP contribution in [0.25, 0.3) is 0 Å². The fourth-order valence-electron chi connectivity index (χ4n) is 2.24. The van der Waals surface area contributed by atoms with Crippen molar-refractivity contribution in [1.29, 1.82) is 5.26 Å². The quantitative estimate of drug-likeness (QED) is 0.834. The molecule has 0 aliphatic rings. The fraction of sp³-hybridized carbons (Fsp3) is 0.278. The molecule has 1 aromatic carbocycles. The number of nitriles is 1. The van der Waals surface area contributed by atoms with Crippen molar-refractivity contribution in [3.05, 3.63) is 64.1 Å². The van der Waals surface area contributed by atoms with E-state index in [4.69, 9.17) is 5.26 Å². The van der Waals surface area contributed by atoms with Crippen molar-refractivity contribution < 1.29 is 4.79 Å². The van der Waals surface area contributed by atoms with E-state index in [2.05, 4.69) is 5.32 Å². The third-order valence-electron chi connectivity index (χ3n) is 3.48.